The molecule has 0 aliphatic heterocycles. The van der Waals surface area contributed by atoms with E-state index in [1.54, 1.807) is 38.1 Å². The van der Waals surface area contributed by atoms with Gasteiger partial charge in [0, 0.05) is 5.56 Å². The quantitative estimate of drug-likeness (QED) is 0.543. The largest absolute Gasteiger partial charge is 0.507 e. The number of para-hydroxylation sites is 1. The molecule has 0 heterocycles. The minimum absolute atomic E-state index is 0.114. The van der Waals surface area contributed by atoms with E-state index < -0.39 is 6.10 Å². The molecule has 3 aromatic carbocycles. The van der Waals surface area contributed by atoms with Crippen LogP contribution in [0, 0.1) is 0 Å². The minimum atomic E-state index is -0.711. The second-order valence-corrected chi connectivity index (χ2v) is 5.96. The lowest BCUT2D eigenvalue weighted by atomic mass is 10.1. The van der Waals surface area contributed by atoms with Crippen molar-refractivity contribution in [2.45, 2.75) is 20.0 Å². The van der Waals surface area contributed by atoms with Gasteiger partial charge >= 0.3 is 0 Å². The molecule has 0 saturated heterocycles. The van der Waals surface area contributed by atoms with Crippen LogP contribution in [0.15, 0.2) is 71.8 Å². The first-order valence-electron chi connectivity index (χ1n) is 8.32. The Bertz CT molecular complexity index is 966. The molecular formula is C21H20N2O3. The number of hydrogen-bond acceptors (Lipinski definition) is 4. The van der Waals surface area contributed by atoms with E-state index in [4.69, 9.17) is 4.74 Å². The first kappa shape index (κ1) is 17.5. The zero-order valence-electron chi connectivity index (χ0n) is 14.6. The molecule has 1 amide bonds. The van der Waals surface area contributed by atoms with Crippen molar-refractivity contribution in [2.75, 3.05) is 0 Å². The maximum absolute atomic E-state index is 12.2. The van der Waals surface area contributed by atoms with Crippen LogP contribution in [-0.2, 0) is 4.79 Å². The van der Waals surface area contributed by atoms with Gasteiger partial charge in [-0.2, -0.15) is 5.10 Å². The van der Waals surface area contributed by atoms with Gasteiger partial charge in [0.05, 0.1) is 5.71 Å². The lowest BCUT2D eigenvalue weighted by Crippen LogP contribution is -2.33. The van der Waals surface area contributed by atoms with Crippen molar-refractivity contribution >= 4 is 22.4 Å². The van der Waals surface area contributed by atoms with E-state index in [-0.39, 0.29) is 11.7 Å². The Balaban J connectivity index is 1.65. The van der Waals surface area contributed by atoms with Crippen LogP contribution in [0.25, 0.3) is 10.8 Å². The molecule has 5 heteroatoms. The smallest absolute Gasteiger partial charge is 0.280 e. The molecule has 0 fully saturated rings. The molecular weight excluding hydrogens is 328 g/mol. The predicted molar refractivity (Wildman–Crippen MR) is 102 cm³/mol. The topological polar surface area (TPSA) is 70.9 Å². The number of ether oxygens (including phenoxy) is 1. The summed E-state index contributed by atoms with van der Waals surface area (Å²) in [5.74, 6) is 0.365. The van der Waals surface area contributed by atoms with Crippen LogP contribution in [0.1, 0.15) is 19.4 Å². The first-order chi connectivity index (χ1) is 12.5. The summed E-state index contributed by atoms with van der Waals surface area (Å²) in [6.07, 6.45) is -0.711. The number of phenols is 1. The van der Waals surface area contributed by atoms with E-state index in [9.17, 15) is 9.90 Å². The summed E-state index contributed by atoms with van der Waals surface area (Å²) in [4.78, 5) is 12.2. The number of hydrazone groups is 1. The number of fused-ring (bicyclic) bond motifs is 1. The predicted octanol–water partition coefficient (Wildman–Crippen LogP) is 3.85. The average Bonchev–Trinajstić information content (AvgIpc) is 2.66. The SMILES string of the molecule is C/C(=N\NC(=O)[C@H](C)Oc1ccc2ccccc2c1)c1ccccc1O. The molecule has 0 aliphatic carbocycles. The highest BCUT2D eigenvalue weighted by molar-refractivity contribution is 6.01. The van der Waals surface area contributed by atoms with E-state index in [1.165, 1.54) is 0 Å². The van der Waals surface area contributed by atoms with Crippen molar-refractivity contribution < 1.29 is 14.6 Å². The van der Waals surface area contributed by atoms with Crippen LogP contribution in [-0.4, -0.2) is 22.8 Å². The minimum Gasteiger partial charge on any atom is -0.507 e. The van der Waals surface area contributed by atoms with Crippen molar-refractivity contribution in [3.8, 4) is 11.5 Å². The standard InChI is InChI=1S/C21H20N2O3/c1-14(19-9-5-6-10-20(19)24)22-23-21(25)15(2)26-18-12-11-16-7-3-4-8-17(16)13-18/h3-13,15,24H,1-2H3,(H,23,25)/b22-14+/t15-/m0/s1. The summed E-state index contributed by atoms with van der Waals surface area (Å²) in [6.45, 7) is 3.37. The van der Waals surface area contributed by atoms with Crippen LogP contribution < -0.4 is 10.2 Å². The molecule has 0 unspecified atom stereocenters. The Morgan fingerprint density at radius 1 is 1.04 bits per heavy atom. The lowest BCUT2D eigenvalue weighted by Gasteiger charge is -2.14. The number of amides is 1. The summed E-state index contributed by atoms with van der Waals surface area (Å²) < 4.78 is 5.72. The fourth-order valence-corrected chi connectivity index (χ4v) is 2.57. The Morgan fingerprint density at radius 2 is 1.73 bits per heavy atom. The maximum atomic E-state index is 12.2. The normalized spacial score (nSPS) is 12.6. The van der Waals surface area contributed by atoms with Gasteiger partial charge in [0.15, 0.2) is 6.10 Å². The van der Waals surface area contributed by atoms with Crippen LogP contribution in [0.5, 0.6) is 11.5 Å². The first-order valence-corrected chi connectivity index (χ1v) is 8.32. The Morgan fingerprint density at radius 3 is 2.50 bits per heavy atom. The molecule has 0 bridgehead atoms. The van der Waals surface area contributed by atoms with Gasteiger partial charge in [0.1, 0.15) is 11.5 Å². The molecule has 5 nitrogen and oxygen atoms in total. The lowest BCUT2D eigenvalue weighted by molar-refractivity contribution is -0.127. The molecule has 26 heavy (non-hydrogen) atoms. The van der Waals surface area contributed by atoms with Crippen molar-refractivity contribution in [3.63, 3.8) is 0 Å². The highest BCUT2D eigenvalue weighted by atomic mass is 16.5. The monoisotopic (exact) mass is 348 g/mol. The molecule has 2 N–H and O–H groups in total. The van der Waals surface area contributed by atoms with Gasteiger partial charge in [-0.1, -0.05) is 42.5 Å². The molecule has 132 valence electrons. The van der Waals surface area contributed by atoms with Crippen LogP contribution in [0.2, 0.25) is 0 Å². The zero-order chi connectivity index (χ0) is 18.5. The summed E-state index contributed by atoms with van der Waals surface area (Å²) in [7, 11) is 0. The molecule has 0 spiro atoms. The van der Waals surface area contributed by atoms with Gasteiger partial charge in [-0.15, -0.1) is 0 Å². The summed E-state index contributed by atoms with van der Waals surface area (Å²) in [5.41, 5.74) is 3.55. The van der Waals surface area contributed by atoms with Crippen molar-refractivity contribution in [3.05, 3.63) is 72.3 Å². The number of hydrogen-bond donors (Lipinski definition) is 2. The number of aromatic hydroxyl groups is 1. The third-order valence-electron chi connectivity index (χ3n) is 4.03. The fourth-order valence-electron chi connectivity index (χ4n) is 2.57. The molecule has 3 aromatic rings. The summed E-state index contributed by atoms with van der Waals surface area (Å²) in [6, 6.07) is 20.5. The number of phenolic OH excluding ortho intramolecular Hbond substituents is 1. The Kier molecular flexibility index (Phi) is 5.17. The summed E-state index contributed by atoms with van der Waals surface area (Å²) in [5, 5.41) is 16.0. The van der Waals surface area contributed by atoms with E-state index in [2.05, 4.69) is 10.5 Å². The third-order valence-corrected chi connectivity index (χ3v) is 4.03. The average molecular weight is 348 g/mol. The number of rotatable bonds is 5. The van der Waals surface area contributed by atoms with Gasteiger partial charge in [-0.25, -0.2) is 5.43 Å². The Labute approximate surface area is 151 Å². The number of carbonyl (C=O) groups is 1. The number of nitrogens with one attached hydrogen (secondary N) is 1. The van der Waals surface area contributed by atoms with Gasteiger partial charge < -0.3 is 9.84 Å². The van der Waals surface area contributed by atoms with Gasteiger partial charge in [0.25, 0.3) is 5.91 Å². The van der Waals surface area contributed by atoms with E-state index >= 15 is 0 Å². The van der Waals surface area contributed by atoms with Gasteiger partial charge in [-0.05, 0) is 48.9 Å². The number of carbonyl (C=O) groups excluding carboxylic acids is 1. The second kappa shape index (κ2) is 7.70. The molecule has 0 saturated carbocycles. The molecule has 0 radical (unpaired) electrons. The molecule has 0 aromatic heterocycles. The Hall–Kier alpha value is -3.34. The molecule has 0 aliphatic rings. The van der Waals surface area contributed by atoms with Crippen molar-refractivity contribution in [1.82, 2.24) is 5.43 Å². The van der Waals surface area contributed by atoms with Crippen LogP contribution in [0.3, 0.4) is 0 Å². The van der Waals surface area contributed by atoms with Gasteiger partial charge in [-0.3, -0.25) is 4.79 Å². The van der Waals surface area contributed by atoms with E-state index in [1.807, 2.05) is 42.5 Å². The summed E-state index contributed by atoms with van der Waals surface area (Å²) >= 11 is 0. The van der Waals surface area contributed by atoms with E-state index in [0.29, 0.717) is 17.0 Å². The van der Waals surface area contributed by atoms with Crippen molar-refractivity contribution in [2.24, 2.45) is 5.10 Å². The molecule has 1 atom stereocenters. The number of benzene rings is 3. The maximum Gasteiger partial charge on any atom is 0.280 e. The van der Waals surface area contributed by atoms with Crippen LogP contribution >= 0.6 is 0 Å². The second-order valence-electron chi connectivity index (χ2n) is 5.96. The third kappa shape index (κ3) is 4.00. The van der Waals surface area contributed by atoms with E-state index in [0.717, 1.165) is 10.8 Å². The highest BCUT2D eigenvalue weighted by Crippen LogP contribution is 2.21. The highest BCUT2D eigenvalue weighted by Gasteiger charge is 2.15. The fraction of sp³-hybridized carbons (Fsp3) is 0.143. The van der Waals surface area contributed by atoms with Crippen LogP contribution in [0.4, 0.5) is 0 Å². The molecule has 3 rings (SSSR count). The van der Waals surface area contributed by atoms with Crippen molar-refractivity contribution in [1.29, 1.82) is 0 Å². The zero-order valence-corrected chi connectivity index (χ0v) is 14.6. The van der Waals surface area contributed by atoms with Gasteiger partial charge in [0.2, 0.25) is 0 Å². The number of nitrogens with zero attached hydrogens (tertiary/aromatic N) is 1.